The number of hydrogen-bond donors (Lipinski definition) is 1. The van der Waals surface area contributed by atoms with Crippen molar-refractivity contribution in [2.24, 2.45) is 0 Å². The van der Waals surface area contributed by atoms with Crippen molar-refractivity contribution in [2.75, 3.05) is 11.9 Å². The average molecular weight is 256 g/mol. The summed E-state index contributed by atoms with van der Waals surface area (Å²) < 4.78 is 38.9. The molecule has 0 unspecified atom stereocenters. The molecule has 2 heterocycles. The van der Waals surface area contributed by atoms with Gasteiger partial charge in [-0.15, -0.1) is 0 Å². The molecule has 0 aliphatic rings. The molecule has 0 radical (unpaired) electrons. The summed E-state index contributed by atoms with van der Waals surface area (Å²) in [5.74, 6) is 0.206. The summed E-state index contributed by atoms with van der Waals surface area (Å²) in [7, 11) is 0. The van der Waals surface area contributed by atoms with Crippen molar-refractivity contribution in [3.05, 3.63) is 42.4 Å². The van der Waals surface area contributed by atoms with Crippen molar-refractivity contribution in [1.29, 1.82) is 0 Å². The Hall–Kier alpha value is -2.05. The minimum absolute atomic E-state index is 0.206. The predicted molar refractivity (Wildman–Crippen MR) is 60.0 cm³/mol. The molecule has 0 aliphatic heterocycles. The van der Waals surface area contributed by atoms with E-state index < -0.39 is 11.9 Å². The highest BCUT2D eigenvalue weighted by Gasteiger charge is 2.32. The third-order valence-corrected chi connectivity index (χ3v) is 2.25. The van der Waals surface area contributed by atoms with Gasteiger partial charge in [-0.1, -0.05) is 6.07 Å². The van der Waals surface area contributed by atoms with E-state index in [0.29, 0.717) is 13.1 Å². The van der Waals surface area contributed by atoms with Crippen LogP contribution in [-0.4, -0.2) is 21.3 Å². The zero-order chi connectivity index (χ0) is 13.0. The quantitative estimate of drug-likeness (QED) is 0.913. The fourth-order valence-corrected chi connectivity index (χ4v) is 1.42. The van der Waals surface area contributed by atoms with Crippen molar-refractivity contribution in [2.45, 2.75) is 12.7 Å². The summed E-state index contributed by atoms with van der Waals surface area (Å²) in [6.45, 7) is 1.01. The monoisotopic (exact) mass is 256 g/mol. The van der Waals surface area contributed by atoms with Crippen LogP contribution in [0.4, 0.5) is 19.0 Å². The lowest BCUT2D eigenvalue weighted by molar-refractivity contribution is -0.141. The zero-order valence-electron chi connectivity index (χ0n) is 9.35. The van der Waals surface area contributed by atoms with E-state index in [1.165, 1.54) is 12.1 Å². The fraction of sp³-hybridized carbons (Fsp3) is 0.273. The fourth-order valence-electron chi connectivity index (χ4n) is 1.42. The van der Waals surface area contributed by atoms with Crippen LogP contribution < -0.4 is 5.32 Å². The minimum Gasteiger partial charge on any atom is -0.368 e. The predicted octanol–water partition coefficient (Wildman–Crippen LogP) is 2.41. The SMILES string of the molecule is FC(F)(F)c1cccc(NCCn2cccn2)n1. The minimum atomic E-state index is -4.42. The van der Waals surface area contributed by atoms with Gasteiger partial charge in [-0.2, -0.15) is 18.3 Å². The number of anilines is 1. The van der Waals surface area contributed by atoms with E-state index in [2.05, 4.69) is 15.4 Å². The van der Waals surface area contributed by atoms with Crippen molar-refractivity contribution in [3.8, 4) is 0 Å². The normalized spacial score (nSPS) is 11.5. The second kappa shape index (κ2) is 5.07. The van der Waals surface area contributed by atoms with E-state index in [0.717, 1.165) is 6.07 Å². The molecule has 0 atom stereocenters. The van der Waals surface area contributed by atoms with Gasteiger partial charge in [0.2, 0.25) is 0 Å². The summed E-state index contributed by atoms with van der Waals surface area (Å²) in [6.07, 6.45) is -0.997. The summed E-state index contributed by atoms with van der Waals surface area (Å²) >= 11 is 0. The maximum absolute atomic E-state index is 12.4. The highest BCUT2D eigenvalue weighted by atomic mass is 19.4. The molecule has 0 aromatic carbocycles. The molecule has 0 aliphatic carbocycles. The Bertz CT molecular complexity index is 493. The number of alkyl halides is 3. The molecule has 4 nitrogen and oxygen atoms in total. The third kappa shape index (κ3) is 3.22. The molecule has 2 aromatic rings. The average Bonchev–Trinajstić information content (AvgIpc) is 2.81. The smallest absolute Gasteiger partial charge is 0.368 e. The molecule has 2 rings (SSSR count). The molecular formula is C11H11F3N4. The summed E-state index contributed by atoms with van der Waals surface area (Å²) in [6, 6.07) is 5.55. The highest BCUT2D eigenvalue weighted by Crippen LogP contribution is 2.27. The Balaban J connectivity index is 1.93. The van der Waals surface area contributed by atoms with Crippen LogP contribution in [0.15, 0.2) is 36.7 Å². The van der Waals surface area contributed by atoms with Crippen LogP contribution in [-0.2, 0) is 12.7 Å². The number of pyridine rings is 1. The molecule has 1 N–H and O–H groups in total. The number of rotatable bonds is 4. The molecule has 0 bridgehead atoms. The molecule has 18 heavy (non-hydrogen) atoms. The highest BCUT2D eigenvalue weighted by molar-refractivity contribution is 5.35. The van der Waals surface area contributed by atoms with Crippen LogP contribution in [0.1, 0.15) is 5.69 Å². The van der Waals surface area contributed by atoms with Gasteiger partial charge in [0, 0.05) is 18.9 Å². The molecule has 0 amide bonds. The lowest BCUT2D eigenvalue weighted by Crippen LogP contribution is -2.14. The number of hydrogen-bond acceptors (Lipinski definition) is 3. The standard InChI is InChI=1S/C11H11F3N4/c12-11(13,14)9-3-1-4-10(17-9)15-6-8-18-7-2-5-16-18/h1-5,7H,6,8H2,(H,15,17). The zero-order valence-corrected chi connectivity index (χ0v) is 9.35. The lowest BCUT2D eigenvalue weighted by atomic mass is 10.3. The Morgan fingerprint density at radius 3 is 2.72 bits per heavy atom. The topological polar surface area (TPSA) is 42.7 Å². The molecule has 0 saturated heterocycles. The molecule has 7 heteroatoms. The molecule has 0 saturated carbocycles. The molecule has 0 spiro atoms. The Morgan fingerprint density at radius 1 is 1.22 bits per heavy atom. The Kier molecular flexibility index (Phi) is 3.50. The maximum atomic E-state index is 12.4. The number of nitrogens with zero attached hydrogens (tertiary/aromatic N) is 3. The van der Waals surface area contributed by atoms with Crippen LogP contribution >= 0.6 is 0 Å². The molecule has 0 fully saturated rings. The number of nitrogens with one attached hydrogen (secondary N) is 1. The number of halogens is 3. The van der Waals surface area contributed by atoms with Crippen molar-refractivity contribution in [1.82, 2.24) is 14.8 Å². The Labute approximate surface area is 101 Å². The first kappa shape index (κ1) is 12.4. The van der Waals surface area contributed by atoms with Crippen LogP contribution in [0.2, 0.25) is 0 Å². The maximum Gasteiger partial charge on any atom is 0.433 e. The van der Waals surface area contributed by atoms with Crippen LogP contribution in [0.25, 0.3) is 0 Å². The van der Waals surface area contributed by atoms with Crippen molar-refractivity contribution in [3.63, 3.8) is 0 Å². The van der Waals surface area contributed by atoms with Gasteiger partial charge in [0.1, 0.15) is 11.5 Å². The second-order valence-corrected chi connectivity index (χ2v) is 3.60. The van der Waals surface area contributed by atoms with Crippen LogP contribution in [0, 0.1) is 0 Å². The largest absolute Gasteiger partial charge is 0.433 e. The van der Waals surface area contributed by atoms with E-state index >= 15 is 0 Å². The molecule has 2 aromatic heterocycles. The summed E-state index contributed by atoms with van der Waals surface area (Å²) in [5, 5.41) is 6.80. The number of aromatic nitrogens is 3. The third-order valence-electron chi connectivity index (χ3n) is 2.25. The van der Waals surface area contributed by atoms with E-state index in [4.69, 9.17) is 0 Å². The van der Waals surface area contributed by atoms with Crippen molar-refractivity contribution >= 4 is 5.82 Å². The van der Waals surface area contributed by atoms with Gasteiger partial charge in [0.25, 0.3) is 0 Å². The molecule has 96 valence electrons. The van der Waals surface area contributed by atoms with Gasteiger partial charge >= 0.3 is 6.18 Å². The van der Waals surface area contributed by atoms with Crippen molar-refractivity contribution < 1.29 is 13.2 Å². The first-order valence-electron chi connectivity index (χ1n) is 5.31. The van der Waals surface area contributed by atoms with Gasteiger partial charge in [-0.05, 0) is 18.2 Å². The second-order valence-electron chi connectivity index (χ2n) is 3.60. The summed E-state index contributed by atoms with van der Waals surface area (Å²) in [5.41, 5.74) is -0.897. The van der Waals surface area contributed by atoms with E-state index in [1.807, 2.05) is 0 Å². The van der Waals surface area contributed by atoms with Crippen LogP contribution in [0.5, 0.6) is 0 Å². The molecular weight excluding hydrogens is 245 g/mol. The first-order valence-corrected chi connectivity index (χ1v) is 5.31. The van der Waals surface area contributed by atoms with Gasteiger partial charge in [-0.25, -0.2) is 4.98 Å². The van der Waals surface area contributed by atoms with Gasteiger partial charge in [0.15, 0.2) is 0 Å². The lowest BCUT2D eigenvalue weighted by Gasteiger charge is -2.09. The Morgan fingerprint density at radius 2 is 2.06 bits per heavy atom. The first-order chi connectivity index (χ1) is 8.55. The summed E-state index contributed by atoms with van der Waals surface area (Å²) in [4.78, 5) is 3.50. The van der Waals surface area contributed by atoms with E-state index in [9.17, 15) is 13.2 Å². The van der Waals surface area contributed by atoms with E-state index in [1.54, 1.807) is 23.1 Å². The van der Waals surface area contributed by atoms with Gasteiger partial charge < -0.3 is 5.32 Å². The van der Waals surface area contributed by atoms with E-state index in [-0.39, 0.29) is 5.82 Å². The van der Waals surface area contributed by atoms with Crippen LogP contribution in [0.3, 0.4) is 0 Å². The van der Waals surface area contributed by atoms with Gasteiger partial charge in [0.05, 0.1) is 6.54 Å². The van der Waals surface area contributed by atoms with Gasteiger partial charge in [-0.3, -0.25) is 4.68 Å².